The van der Waals surface area contributed by atoms with E-state index in [1.165, 1.54) is 12.0 Å². The molecule has 86 valence electrons. The zero-order chi connectivity index (χ0) is 11.4. The third-order valence-corrected chi connectivity index (χ3v) is 3.55. The molecule has 0 spiro atoms. The molecule has 0 bridgehead atoms. The highest BCUT2D eigenvalue weighted by Gasteiger charge is 2.40. The van der Waals surface area contributed by atoms with E-state index in [-0.39, 0.29) is 5.41 Å². The van der Waals surface area contributed by atoms with Crippen LogP contribution in [-0.4, -0.2) is 19.5 Å². The van der Waals surface area contributed by atoms with E-state index in [1.807, 2.05) is 25.1 Å². The van der Waals surface area contributed by atoms with Crippen molar-refractivity contribution in [2.24, 2.45) is 0 Å². The lowest BCUT2D eigenvalue weighted by Gasteiger charge is -2.42. The molecule has 0 aliphatic heterocycles. The first kappa shape index (κ1) is 11.3. The Kier molecular flexibility index (Phi) is 3.39. The quantitative estimate of drug-likeness (QED) is 0.710. The number of rotatable bonds is 5. The van der Waals surface area contributed by atoms with Crippen LogP contribution in [-0.2, 0) is 10.2 Å². The van der Waals surface area contributed by atoms with Crippen LogP contribution in [0.1, 0.15) is 42.1 Å². The van der Waals surface area contributed by atoms with E-state index in [1.54, 1.807) is 0 Å². The molecule has 0 N–H and O–H groups in total. The summed E-state index contributed by atoms with van der Waals surface area (Å²) in [5, 5.41) is 0. The minimum absolute atomic E-state index is 0.105. The summed E-state index contributed by atoms with van der Waals surface area (Å²) in [6.07, 6.45) is 4.47. The van der Waals surface area contributed by atoms with Crippen LogP contribution in [0.2, 0.25) is 0 Å². The fourth-order valence-corrected chi connectivity index (χ4v) is 2.48. The first-order chi connectivity index (χ1) is 7.82. The van der Waals surface area contributed by atoms with Gasteiger partial charge in [0.05, 0.1) is 6.61 Å². The van der Waals surface area contributed by atoms with Gasteiger partial charge in [-0.15, -0.1) is 0 Å². The minimum Gasteiger partial charge on any atom is -0.381 e. The molecule has 1 aliphatic rings. The van der Waals surface area contributed by atoms with E-state index in [0.717, 1.165) is 37.9 Å². The summed E-state index contributed by atoms with van der Waals surface area (Å²) in [6.45, 7) is 3.50. The lowest BCUT2D eigenvalue weighted by atomic mass is 9.64. The number of carbonyl (C=O) groups is 1. The average molecular weight is 218 g/mol. The van der Waals surface area contributed by atoms with Crippen molar-refractivity contribution in [1.29, 1.82) is 0 Å². The number of aldehydes is 1. The average Bonchev–Trinajstić information content (AvgIpc) is 2.28. The van der Waals surface area contributed by atoms with Crippen LogP contribution in [0.3, 0.4) is 0 Å². The van der Waals surface area contributed by atoms with Crippen LogP contribution in [0.5, 0.6) is 0 Å². The Bertz CT molecular complexity index is 367. The van der Waals surface area contributed by atoms with E-state index in [0.29, 0.717) is 0 Å². The van der Waals surface area contributed by atoms with Gasteiger partial charge < -0.3 is 4.74 Å². The zero-order valence-corrected chi connectivity index (χ0v) is 9.74. The van der Waals surface area contributed by atoms with Gasteiger partial charge in [0.2, 0.25) is 0 Å². The van der Waals surface area contributed by atoms with Crippen LogP contribution in [0.15, 0.2) is 24.3 Å². The maximum absolute atomic E-state index is 11.0. The molecule has 16 heavy (non-hydrogen) atoms. The van der Waals surface area contributed by atoms with Crippen molar-refractivity contribution in [1.82, 2.24) is 0 Å². The molecule has 1 aliphatic carbocycles. The van der Waals surface area contributed by atoms with Gasteiger partial charge in [-0.3, -0.25) is 4.79 Å². The molecule has 2 rings (SSSR count). The van der Waals surface area contributed by atoms with Crippen LogP contribution >= 0.6 is 0 Å². The van der Waals surface area contributed by atoms with Gasteiger partial charge in [-0.05, 0) is 25.3 Å². The highest BCUT2D eigenvalue weighted by Crippen LogP contribution is 2.44. The number of hydrogen-bond donors (Lipinski definition) is 0. The zero-order valence-electron chi connectivity index (χ0n) is 9.74. The largest absolute Gasteiger partial charge is 0.381 e. The molecule has 0 aromatic heterocycles. The Balaban J connectivity index is 2.28. The molecule has 0 atom stereocenters. The standard InChI is InChI=1S/C14H18O2/c1-2-16-11-14(8-5-9-14)13-7-4-3-6-12(13)10-15/h3-4,6-7,10H,2,5,8-9,11H2,1H3. The molecular formula is C14H18O2. The summed E-state index contributed by atoms with van der Waals surface area (Å²) in [6, 6.07) is 7.89. The molecule has 2 heteroatoms. The summed E-state index contributed by atoms with van der Waals surface area (Å²) in [4.78, 5) is 11.0. The van der Waals surface area contributed by atoms with Crippen molar-refractivity contribution in [3.63, 3.8) is 0 Å². The monoisotopic (exact) mass is 218 g/mol. The molecule has 1 aromatic carbocycles. The van der Waals surface area contributed by atoms with Crippen molar-refractivity contribution in [2.45, 2.75) is 31.6 Å². The van der Waals surface area contributed by atoms with Crippen molar-refractivity contribution < 1.29 is 9.53 Å². The van der Waals surface area contributed by atoms with E-state index >= 15 is 0 Å². The second-order valence-corrected chi connectivity index (χ2v) is 4.48. The molecule has 0 radical (unpaired) electrons. The first-order valence-electron chi connectivity index (χ1n) is 5.95. The highest BCUT2D eigenvalue weighted by atomic mass is 16.5. The predicted molar refractivity (Wildman–Crippen MR) is 63.9 cm³/mol. The van der Waals surface area contributed by atoms with E-state index in [2.05, 4.69) is 6.07 Å². The van der Waals surface area contributed by atoms with E-state index < -0.39 is 0 Å². The van der Waals surface area contributed by atoms with Crippen molar-refractivity contribution in [3.8, 4) is 0 Å². The van der Waals surface area contributed by atoms with Gasteiger partial charge in [-0.25, -0.2) is 0 Å². The molecule has 1 fully saturated rings. The highest BCUT2D eigenvalue weighted by molar-refractivity contribution is 5.78. The summed E-state index contributed by atoms with van der Waals surface area (Å²) in [7, 11) is 0. The summed E-state index contributed by atoms with van der Waals surface area (Å²) in [5.41, 5.74) is 2.10. The smallest absolute Gasteiger partial charge is 0.150 e. The number of ether oxygens (including phenoxy) is 1. The van der Waals surface area contributed by atoms with Gasteiger partial charge in [-0.1, -0.05) is 30.7 Å². The Morgan fingerprint density at radius 2 is 2.12 bits per heavy atom. The van der Waals surface area contributed by atoms with Crippen LogP contribution in [0, 0.1) is 0 Å². The van der Waals surface area contributed by atoms with Crippen LogP contribution in [0.4, 0.5) is 0 Å². The summed E-state index contributed by atoms with van der Waals surface area (Å²) in [5.74, 6) is 0. The SMILES string of the molecule is CCOCC1(c2ccccc2C=O)CCC1. The summed E-state index contributed by atoms with van der Waals surface area (Å²) < 4.78 is 5.58. The topological polar surface area (TPSA) is 26.3 Å². The molecule has 2 nitrogen and oxygen atoms in total. The van der Waals surface area contributed by atoms with E-state index in [9.17, 15) is 4.79 Å². The Morgan fingerprint density at radius 3 is 2.69 bits per heavy atom. The van der Waals surface area contributed by atoms with Crippen LogP contribution < -0.4 is 0 Å². The van der Waals surface area contributed by atoms with Gasteiger partial charge in [0.1, 0.15) is 6.29 Å². The van der Waals surface area contributed by atoms with Crippen molar-refractivity contribution in [3.05, 3.63) is 35.4 Å². The van der Waals surface area contributed by atoms with Gasteiger partial charge in [-0.2, -0.15) is 0 Å². The fraction of sp³-hybridized carbons (Fsp3) is 0.500. The second kappa shape index (κ2) is 4.79. The lowest BCUT2D eigenvalue weighted by Crippen LogP contribution is -2.39. The molecule has 0 heterocycles. The molecule has 0 saturated heterocycles. The molecule has 0 unspecified atom stereocenters. The van der Waals surface area contributed by atoms with Gasteiger partial charge in [0.15, 0.2) is 0 Å². The van der Waals surface area contributed by atoms with E-state index in [4.69, 9.17) is 4.74 Å². The Morgan fingerprint density at radius 1 is 1.38 bits per heavy atom. The number of hydrogen-bond acceptors (Lipinski definition) is 2. The first-order valence-corrected chi connectivity index (χ1v) is 5.95. The third-order valence-electron chi connectivity index (χ3n) is 3.55. The summed E-state index contributed by atoms with van der Waals surface area (Å²) >= 11 is 0. The predicted octanol–water partition coefficient (Wildman–Crippen LogP) is 2.96. The van der Waals surface area contributed by atoms with Gasteiger partial charge in [0, 0.05) is 17.6 Å². The number of benzene rings is 1. The fourth-order valence-electron chi connectivity index (χ4n) is 2.48. The number of carbonyl (C=O) groups excluding carboxylic acids is 1. The normalized spacial score (nSPS) is 17.8. The lowest BCUT2D eigenvalue weighted by molar-refractivity contribution is 0.0517. The Labute approximate surface area is 96.6 Å². The van der Waals surface area contributed by atoms with Crippen molar-refractivity contribution in [2.75, 3.05) is 13.2 Å². The third kappa shape index (κ3) is 1.90. The van der Waals surface area contributed by atoms with Gasteiger partial charge >= 0.3 is 0 Å². The minimum atomic E-state index is 0.105. The maximum Gasteiger partial charge on any atom is 0.150 e. The molecular weight excluding hydrogens is 200 g/mol. The van der Waals surface area contributed by atoms with Crippen LogP contribution in [0.25, 0.3) is 0 Å². The second-order valence-electron chi connectivity index (χ2n) is 4.48. The molecule has 1 saturated carbocycles. The van der Waals surface area contributed by atoms with Crippen molar-refractivity contribution >= 4 is 6.29 Å². The Hall–Kier alpha value is -1.15. The maximum atomic E-state index is 11.0. The van der Waals surface area contributed by atoms with Gasteiger partial charge in [0.25, 0.3) is 0 Å². The molecule has 1 aromatic rings. The molecule has 0 amide bonds.